The van der Waals surface area contributed by atoms with Gasteiger partial charge in [0.05, 0.1) is 18.9 Å². The molecule has 1 aromatic heterocycles. The van der Waals surface area contributed by atoms with Crippen LogP contribution in [0.25, 0.3) is 0 Å². The van der Waals surface area contributed by atoms with E-state index in [2.05, 4.69) is 43.2 Å². The van der Waals surface area contributed by atoms with E-state index in [0.717, 1.165) is 77.0 Å². The Kier molecular flexibility index (Phi) is 7.29. The van der Waals surface area contributed by atoms with E-state index in [1.165, 1.54) is 5.69 Å². The van der Waals surface area contributed by atoms with Crippen LogP contribution in [-0.2, 0) is 16.1 Å². The van der Waals surface area contributed by atoms with Crippen molar-refractivity contribution in [2.75, 3.05) is 69.2 Å². The number of amides is 1. The Morgan fingerprint density at radius 3 is 2.37 bits per heavy atom. The summed E-state index contributed by atoms with van der Waals surface area (Å²) in [5.74, 6) is 0.0741. The number of benzene rings is 1. The van der Waals surface area contributed by atoms with Gasteiger partial charge >= 0.3 is 0 Å². The number of piperazine rings is 1. The number of rotatable bonds is 7. The lowest BCUT2D eigenvalue weighted by Crippen LogP contribution is -2.46. The second kappa shape index (κ2) is 10.5. The summed E-state index contributed by atoms with van der Waals surface area (Å²) in [6.07, 6.45) is 2.37. The van der Waals surface area contributed by atoms with Crippen molar-refractivity contribution in [3.63, 3.8) is 0 Å². The molecule has 3 heterocycles. The Hall–Kier alpha value is -2.48. The minimum absolute atomic E-state index is 0.0741. The standard InChI is InChI=1S/C23H31N5O2/c29-23(25-20-4-6-22(7-5-20)28-15-17-30-18-16-28)8-10-26-11-13-27(14-12-26)19-21-3-1-2-9-24-21/h1-7,9H,8,10-19H2,(H,25,29). The van der Waals surface area contributed by atoms with E-state index in [1.807, 2.05) is 30.5 Å². The van der Waals surface area contributed by atoms with Crippen molar-refractivity contribution in [1.82, 2.24) is 14.8 Å². The number of hydrogen-bond donors (Lipinski definition) is 1. The lowest BCUT2D eigenvalue weighted by Gasteiger charge is -2.34. The fraction of sp³-hybridized carbons (Fsp3) is 0.478. The maximum Gasteiger partial charge on any atom is 0.225 e. The fourth-order valence-electron chi connectivity index (χ4n) is 3.95. The second-order valence-corrected chi connectivity index (χ2v) is 7.88. The van der Waals surface area contributed by atoms with Crippen molar-refractivity contribution < 1.29 is 9.53 Å². The number of morpholine rings is 1. The van der Waals surface area contributed by atoms with E-state index in [4.69, 9.17) is 4.74 Å². The summed E-state index contributed by atoms with van der Waals surface area (Å²) in [7, 11) is 0. The van der Waals surface area contributed by atoms with Crippen LogP contribution in [0.5, 0.6) is 0 Å². The molecule has 0 radical (unpaired) electrons. The normalized spacial score (nSPS) is 18.3. The Morgan fingerprint density at radius 2 is 1.67 bits per heavy atom. The first-order valence-corrected chi connectivity index (χ1v) is 10.8. The van der Waals surface area contributed by atoms with Crippen LogP contribution in [0.15, 0.2) is 48.7 Å². The molecule has 7 nitrogen and oxygen atoms in total. The average molecular weight is 410 g/mol. The van der Waals surface area contributed by atoms with Crippen molar-refractivity contribution in [2.24, 2.45) is 0 Å². The molecule has 2 aliphatic rings. The lowest BCUT2D eigenvalue weighted by atomic mass is 10.2. The van der Waals surface area contributed by atoms with Gasteiger partial charge in [-0.15, -0.1) is 0 Å². The average Bonchev–Trinajstić information content (AvgIpc) is 2.80. The van der Waals surface area contributed by atoms with E-state index in [0.29, 0.717) is 6.42 Å². The van der Waals surface area contributed by atoms with Crippen LogP contribution >= 0.6 is 0 Å². The predicted octanol–water partition coefficient (Wildman–Crippen LogP) is 2.06. The highest BCUT2D eigenvalue weighted by molar-refractivity contribution is 5.91. The van der Waals surface area contributed by atoms with E-state index in [1.54, 1.807) is 0 Å². The molecule has 7 heteroatoms. The van der Waals surface area contributed by atoms with Gasteiger partial charge in [-0.1, -0.05) is 6.07 Å². The molecule has 0 unspecified atom stereocenters. The van der Waals surface area contributed by atoms with Gasteiger partial charge in [-0.05, 0) is 36.4 Å². The van der Waals surface area contributed by atoms with Crippen molar-refractivity contribution in [3.05, 3.63) is 54.4 Å². The zero-order chi connectivity index (χ0) is 20.6. The molecular formula is C23H31N5O2. The summed E-state index contributed by atoms with van der Waals surface area (Å²) in [5, 5.41) is 3.03. The maximum absolute atomic E-state index is 12.4. The van der Waals surface area contributed by atoms with Crippen molar-refractivity contribution >= 4 is 17.3 Å². The lowest BCUT2D eigenvalue weighted by molar-refractivity contribution is -0.116. The van der Waals surface area contributed by atoms with Crippen molar-refractivity contribution in [1.29, 1.82) is 0 Å². The van der Waals surface area contributed by atoms with Crippen molar-refractivity contribution in [2.45, 2.75) is 13.0 Å². The molecule has 0 spiro atoms. The van der Waals surface area contributed by atoms with Crippen LogP contribution in [0.3, 0.4) is 0 Å². The molecule has 0 bridgehead atoms. The zero-order valence-corrected chi connectivity index (χ0v) is 17.5. The highest BCUT2D eigenvalue weighted by Crippen LogP contribution is 2.19. The molecular weight excluding hydrogens is 378 g/mol. The number of aromatic nitrogens is 1. The zero-order valence-electron chi connectivity index (χ0n) is 17.5. The SMILES string of the molecule is O=C(CCN1CCN(Cc2ccccn2)CC1)Nc1ccc(N2CCOCC2)cc1. The number of ether oxygens (including phenoxy) is 1. The smallest absolute Gasteiger partial charge is 0.225 e. The highest BCUT2D eigenvalue weighted by Gasteiger charge is 2.18. The Morgan fingerprint density at radius 1 is 0.933 bits per heavy atom. The summed E-state index contributed by atoms with van der Waals surface area (Å²) in [6.45, 7) is 9.10. The summed E-state index contributed by atoms with van der Waals surface area (Å²) in [4.78, 5) is 23.9. The van der Waals surface area contributed by atoms with Gasteiger partial charge in [0.15, 0.2) is 0 Å². The van der Waals surface area contributed by atoms with Crippen LogP contribution < -0.4 is 10.2 Å². The number of hydrogen-bond acceptors (Lipinski definition) is 6. The number of carbonyl (C=O) groups excluding carboxylic acids is 1. The summed E-state index contributed by atoms with van der Waals surface area (Å²) >= 11 is 0. The first-order valence-electron chi connectivity index (χ1n) is 10.8. The van der Waals surface area contributed by atoms with E-state index in [-0.39, 0.29) is 5.91 Å². The molecule has 1 aromatic carbocycles. The Bertz CT molecular complexity index is 785. The minimum Gasteiger partial charge on any atom is -0.378 e. The van der Waals surface area contributed by atoms with Crippen LogP contribution in [0.1, 0.15) is 12.1 Å². The molecule has 2 aliphatic heterocycles. The number of anilines is 2. The topological polar surface area (TPSA) is 60.9 Å². The molecule has 0 saturated carbocycles. The van der Waals surface area contributed by atoms with Crippen LogP contribution in [0.4, 0.5) is 11.4 Å². The minimum atomic E-state index is 0.0741. The number of nitrogens with one attached hydrogen (secondary N) is 1. The van der Waals surface area contributed by atoms with E-state index in [9.17, 15) is 4.79 Å². The molecule has 30 heavy (non-hydrogen) atoms. The molecule has 4 rings (SSSR count). The molecule has 1 amide bonds. The van der Waals surface area contributed by atoms with Gasteiger partial charge in [-0.25, -0.2) is 0 Å². The quantitative estimate of drug-likeness (QED) is 0.756. The third kappa shape index (κ3) is 6.01. The van der Waals surface area contributed by atoms with Gasteiger partial charge in [-0.3, -0.25) is 14.7 Å². The number of nitrogens with zero attached hydrogens (tertiary/aromatic N) is 4. The first-order chi connectivity index (χ1) is 14.8. The van der Waals surface area contributed by atoms with Gasteiger partial charge < -0.3 is 19.9 Å². The van der Waals surface area contributed by atoms with Gasteiger partial charge in [0, 0.05) is 76.4 Å². The van der Waals surface area contributed by atoms with Gasteiger partial charge in [0.25, 0.3) is 0 Å². The van der Waals surface area contributed by atoms with Crippen LogP contribution in [-0.4, -0.2) is 79.7 Å². The molecule has 160 valence electrons. The first kappa shape index (κ1) is 20.8. The molecule has 2 fully saturated rings. The summed E-state index contributed by atoms with van der Waals surface area (Å²) in [5.41, 5.74) is 3.15. The predicted molar refractivity (Wildman–Crippen MR) is 119 cm³/mol. The monoisotopic (exact) mass is 409 g/mol. The van der Waals surface area contributed by atoms with Crippen LogP contribution in [0, 0.1) is 0 Å². The van der Waals surface area contributed by atoms with Crippen LogP contribution in [0.2, 0.25) is 0 Å². The maximum atomic E-state index is 12.4. The number of carbonyl (C=O) groups is 1. The molecule has 0 aliphatic carbocycles. The molecule has 0 atom stereocenters. The second-order valence-electron chi connectivity index (χ2n) is 7.88. The van der Waals surface area contributed by atoms with Gasteiger partial charge in [0.1, 0.15) is 0 Å². The highest BCUT2D eigenvalue weighted by atomic mass is 16.5. The Balaban J connectivity index is 1.15. The van der Waals surface area contributed by atoms with Crippen molar-refractivity contribution in [3.8, 4) is 0 Å². The van der Waals surface area contributed by atoms with Gasteiger partial charge in [-0.2, -0.15) is 0 Å². The number of pyridine rings is 1. The van der Waals surface area contributed by atoms with E-state index >= 15 is 0 Å². The molecule has 2 saturated heterocycles. The third-order valence-corrected chi connectivity index (χ3v) is 5.76. The summed E-state index contributed by atoms with van der Waals surface area (Å²) in [6, 6.07) is 14.2. The fourth-order valence-corrected chi connectivity index (χ4v) is 3.95. The van der Waals surface area contributed by atoms with E-state index < -0.39 is 0 Å². The van der Waals surface area contributed by atoms with Gasteiger partial charge in [0.2, 0.25) is 5.91 Å². The largest absolute Gasteiger partial charge is 0.378 e. The summed E-state index contributed by atoms with van der Waals surface area (Å²) < 4.78 is 5.40. The third-order valence-electron chi connectivity index (χ3n) is 5.76. The molecule has 2 aromatic rings. The Labute approximate surface area is 178 Å². The molecule has 1 N–H and O–H groups in total.